The Morgan fingerprint density at radius 3 is 2.57 bits per heavy atom. The number of amides is 1. The van der Waals surface area contributed by atoms with Gasteiger partial charge in [0, 0.05) is 12.7 Å². The van der Waals surface area contributed by atoms with E-state index in [9.17, 15) is 9.59 Å². The standard InChI is InChI=1S/C26H22N4O4S/c1-33-22-12-6-5-11-21(22)29(15-8-14-27)24(31)18-34-26(32)20-17-30(19-9-3-2-4-10-19)28-25(20)23-13-7-16-35-23/h2-7,9-13,16-17H,8,15,18H2,1H3. The maximum Gasteiger partial charge on any atom is 0.342 e. The molecule has 0 fully saturated rings. The number of hydrogen-bond donors (Lipinski definition) is 0. The van der Waals surface area contributed by atoms with Crippen LogP contribution >= 0.6 is 11.3 Å². The van der Waals surface area contributed by atoms with E-state index >= 15 is 0 Å². The van der Waals surface area contributed by atoms with Crippen LogP contribution < -0.4 is 9.64 Å². The Balaban J connectivity index is 1.57. The van der Waals surface area contributed by atoms with Crippen LogP contribution in [-0.2, 0) is 9.53 Å². The third kappa shape index (κ3) is 5.39. The van der Waals surface area contributed by atoms with E-state index < -0.39 is 18.5 Å². The zero-order valence-corrected chi connectivity index (χ0v) is 19.8. The number of esters is 1. The van der Waals surface area contributed by atoms with Crippen LogP contribution in [0.5, 0.6) is 5.75 Å². The fraction of sp³-hybridized carbons (Fsp3) is 0.154. The van der Waals surface area contributed by atoms with Crippen molar-refractivity contribution in [2.24, 2.45) is 0 Å². The highest BCUT2D eigenvalue weighted by Crippen LogP contribution is 2.30. The summed E-state index contributed by atoms with van der Waals surface area (Å²) in [5, 5.41) is 15.5. The number of anilines is 1. The summed E-state index contributed by atoms with van der Waals surface area (Å²) >= 11 is 1.45. The highest BCUT2D eigenvalue weighted by atomic mass is 32.1. The molecule has 0 saturated carbocycles. The van der Waals surface area contributed by atoms with Gasteiger partial charge in [-0.1, -0.05) is 36.4 Å². The van der Waals surface area contributed by atoms with E-state index in [1.807, 2.05) is 53.9 Å². The Morgan fingerprint density at radius 2 is 1.86 bits per heavy atom. The van der Waals surface area contributed by atoms with E-state index in [1.54, 1.807) is 35.1 Å². The van der Waals surface area contributed by atoms with Gasteiger partial charge in [-0.3, -0.25) is 4.79 Å². The van der Waals surface area contributed by atoms with Crippen LogP contribution in [0.3, 0.4) is 0 Å². The lowest BCUT2D eigenvalue weighted by Gasteiger charge is -2.23. The minimum absolute atomic E-state index is 0.115. The number of nitriles is 1. The van der Waals surface area contributed by atoms with Crippen molar-refractivity contribution in [2.75, 3.05) is 25.2 Å². The molecule has 1 amide bonds. The molecule has 0 aliphatic heterocycles. The molecule has 0 bridgehead atoms. The van der Waals surface area contributed by atoms with Crippen LogP contribution in [0.4, 0.5) is 5.69 Å². The first-order valence-electron chi connectivity index (χ1n) is 10.8. The molecule has 0 aliphatic carbocycles. The molecule has 4 rings (SSSR count). The van der Waals surface area contributed by atoms with E-state index in [0.717, 1.165) is 10.6 Å². The van der Waals surface area contributed by atoms with Gasteiger partial charge in [0.1, 0.15) is 17.0 Å². The average Bonchev–Trinajstić information content (AvgIpc) is 3.59. The third-order valence-corrected chi connectivity index (χ3v) is 6.04. The average molecular weight is 487 g/mol. The molecule has 2 aromatic carbocycles. The summed E-state index contributed by atoms with van der Waals surface area (Å²) in [7, 11) is 1.50. The summed E-state index contributed by atoms with van der Waals surface area (Å²) in [4.78, 5) is 28.3. The Bertz CT molecular complexity index is 1340. The van der Waals surface area contributed by atoms with Gasteiger partial charge in [-0.25, -0.2) is 9.48 Å². The minimum Gasteiger partial charge on any atom is -0.495 e. The Kier molecular flexibility index (Phi) is 7.55. The second-order valence-corrected chi connectivity index (χ2v) is 8.30. The van der Waals surface area contributed by atoms with Gasteiger partial charge >= 0.3 is 5.97 Å². The molecular weight excluding hydrogens is 464 g/mol. The van der Waals surface area contributed by atoms with Crippen LogP contribution in [0.1, 0.15) is 16.8 Å². The molecule has 9 heteroatoms. The predicted octanol–water partition coefficient (Wildman–Crippen LogP) is 4.71. The monoisotopic (exact) mass is 486 g/mol. The first kappa shape index (κ1) is 23.7. The second kappa shape index (κ2) is 11.1. The van der Waals surface area contributed by atoms with Crippen LogP contribution in [0.15, 0.2) is 78.3 Å². The quantitative estimate of drug-likeness (QED) is 0.318. The number of thiophene rings is 1. The molecule has 0 aliphatic rings. The molecule has 2 aromatic heterocycles. The number of carbonyl (C=O) groups excluding carboxylic acids is 2. The zero-order chi connectivity index (χ0) is 24.6. The fourth-order valence-corrected chi connectivity index (χ4v) is 4.23. The van der Waals surface area contributed by atoms with Crippen molar-refractivity contribution in [3.63, 3.8) is 0 Å². The van der Waals surface area contributed by atoms with Gasteiger partial charge in [-0.15, -0.1) is 11.3 Å². The van der Waals surface area contributed by atoms with E-state index in [2.05, 4.69) is 5.10 Å². The number of nitrogens with zero attached hydrogens (tertiary/aromatic N) is 4. The van der Waals surface area contributed by atoms with Crippen molar-refractivity contribution in [1.82, 2.24) is 9.78 Å². The molecule has 0 unspecified atom stereocenters. The number of carbonyl (C=O) groups is 2. The van der Waals surface area contributed by atoms with Gasteiger partial charge in [0.05, 0.1) is 35.9 Å². The summed E-state index contributed by atoms with van der Waals surface area (Å²) in [6.07, 6.45) is 1.72. The number of para-hydroxylation sites is 3. The molecule has 35 heavy (non-hydrogen) atoms. The van der Waals surface area contributed by atoms with Crippen molar-refractivity contribution >= 4 is 28.9 Å². The van der Waals surface area contributed by atoms with Crippen LogP contribution in [0, 0.1) is 11.3 Å². The Labute approximate surface area is 206 Å². The molecule has 4 aromatic rings. The maximum absolute atomic E-state index is 13.1. The van der Waals surface area contributed by atoms with Crippen LogP contribution in [-0.4, -0.2) is 41.9 Å². The largest absolute Gasteiger partial charge is 0.495 e. The number of ether oxygens (including phenoxy) is 2. The van der Waals surface area contributed by atoms with Gasteiger partial charge in [0.15, 0.2) is 6.61 Å². The number of methoxy groups -OCH3 is 1. The zero-order valence-electron chi connectivity index (χ0n) is 19.0. The topological polar surface area (TPSA) is 97.5 Å². The summed E-state index contributed by atoms with van der Waals surface area (Å²) in [6.45, 7) is -0.359. The summed E-state index contributed by atoms with van der Waals surface area (Å²) in [5.74, 6) is -0.648. The van der Waals surface area contributed by atoms with Crippen LogP contribution in [0.25, 0.3) is 16.3 Å². The van der Waals surface area contributed by atoms with E-state index in [4.69, 9.17) is 14.7 Å². The SMILES string of the molecule is COc1ccccc1N(CCC#N)C(=O)COC(=O)c1cn(-c2ccccc2)nc1-c1cccs1. The van der Waals surface area contributed by atoms with Gasteiger partial charge in [-0.2, -0.15) is 10.4 Å². The molecule has 0 N–H and O–H groups in total. The van der Waals surface area contributed by atoms with Crippen molar-refractivity contribution in [1.29, 1.82) is 5.26 Å². The van der Waals surface area contributed by atoms with E-state index in [-0.39, 0.29) is 18.5 Å². The predicted molar refractivity (Wildman–Crippen MR) is 133 cm³/mol. The Hall–Kier alpha value is -4.42. The molecule has 0 saturated heterocycles. The van der Waals surface area contributed by atoms with Gasteiger partial charge < -0.3 is 14.4 Å². The minimum atomic E-state index is -0.663. The molecular formula is C26H22N4O4S. The number of hydrogen-bond acceptors (Lipinski definition) is 7. The van der Waals surface area contributed by atoms with Crippen molar-refractivity contribution < 1.29 is 19.1 Å². The number of aromatic nitrogens is 2. The van der Waals surface area contributed by atoms with Crippen LogP contribution in [0.2, 0.25) is 0 Å². The van der Waals surface area contributed by atoms with E-state index in [0.29, 0.717) is 17.1 Å². The van der Waals surface area contributed by atoms with Crippen molar-refractivity contribution in [2.45, 2.75) is 6.42 Å². The lowest BCUT2D eigenvalue weighted by molar-refractivity contribution is -0.121. The summed E-state index contributed by atoms with van der Waals surface area (Å²) in [6, 6.07) is 22.2. The molecule has 2 heterocycles. The maximum atomic E-state index is 13.1. The number of rotatable bonds is 9. The molecule has 0 atom stereocenters. The Morgan fingerprint density at radius 1 is 1.09 bits per heavy atom. The summed E-state index contributed by atoms with van der Waals surface area (Å²) in [5.41, 5.74) is 2.03. The smallest absolute Gasteiger partial charge is 0.342 e. The van der Waals surface area contributed by atoms with Gasteiger partial charge in [0.25, 0.3) is 5.91 Å². The first-order valence-corrected chi connectivity index (χ1v) is 11.7. The molecule has 0 spiro atoms. The molecule has 8 nitrogen and oxygen atoms in total. The highest BCUT2D eigenvalue weighted by molar-refractivity contribution is 7.13. The third-order valence-electron chi connectivity index (χ3n) is 5.16. The number of benzene rings is 2. The second-order valence-electron chi connectivity index (χ2n) is 7.35. The first-order chi connectivity index (χ1) is 17.1. The molecule has 0 radical (unpaired) electrons. The lowest BCUT2D eigenvalue weighted by atomic mass is 10.2. The molecule has 176 valence electrons. The van der Waals surface area contributed by atoms with Crippen molar-refractivity contribution in [3.8, 4) is 28.1 Å². The normalized spacial score (nSPS) is 10.4. The van der Waals surface area contributed by atoms with E-state index in [1.165, 1.54) is 23.3 Å². The lowest BCUT2D eigenvalue weighted by Crippen LogP contribution is -2.35. The van der Waals surface area contributed by atoms with Crippen molar-refractivity contribution in [3.05, 3.63) is 83.9 Å². The summed E-state index contributed by atoms with van der Waals surface area (Å²) < 4.78 is 12.4. The highest BCUT2D eigenvalue weighted by Gasteiger charge is 2.24. The fourth-order valence-electron chi connectivity index (χ4n) is 3.51. The van der Waals surface area contributed by atoms with Gasteiger partial charge in [0.2, 0.25) is 0 Å². The van der Waals surface area contributed by atoms with Gasteiger partial charge in [-0.05, 0) is 35.7 Å².